The van der Waals surface area contributed by atoms with E-state index in [2.05, 4.69) is 10.4 Å². The molecule has 0 bridgehead atoms. The Balaban J connectivity index is 1.46. The van der Waals surface area contributed by atoms with E-state index in [1.165, 1.54) is 10.8 Å². The van der Waals surface area contributed by atoms with Gasteiger partial charge < -0.3 is 9.88 Å². The van der Waals surface area contributed by atoms with Crippen LogP contribution >= 0.6 is 0 Å². The molecule has 6 nitrogen and oxygen atoms in total. The summed E-state index contributed by atoms with van der Waals surface area (Å²) in [4.78, 5) is 26.3. The van der Waals surface area contributed by atoms with Crippen LogP contribution in [-0.2, 0) is 18.4 Å². The molecule has 1 aliphatic rings. The molecule has 5 rings (SSSR count). The number of fused-ring (bicyclic) bond motifs is 2. The number of nitrogens with one attached hydrogen (secondary N) is 1. The molecule has 4 aromatic rings. The highest BCUT2D eigenvalue weighted by atomic mass is 19.4. The Labute approximate surface area is 199 Å². The SMILES string of the molecule is Cn1ncc2cc(Nc3cccc4ccn(CC(=O)C5CCCC[C@H]5C(F)(F)F)c(=O)c34)ccc21. The molecule has 2 aromatic heterocycles. The molecular weight excluding hydrogens is 457 g/mol. The van der Waals surface area contributed by atoms with Crippen molar-refractivity contribution in [2.24, 2.45) is 18.9 Å². The summed E-state index contributed by atoms with van der Waals surface area (Å²) in [5, 5.41) is 9.51. The second kappa shape index (κ2) is 8.87. The predicted molar refractivity (Wildman–Crippen MR) is 129 cm³/mol. The Kier molecular flexibility index (Phi) is 5.86. The minimum atomic E-state index is -4.42. The number of anilines is 2. The molecule has 35 heavy (non-hydrogen) atoms. The fourth-order valence-electron chi connectivity index (χ4n) is 5.15. The molecule has 2 aromatic carbocycles. The van der Waals surface area contributed by atoms with Crippen LogP contribution in [0.15, 0.2) is 59.7 Å². The van der Waals surface area contributed by atoms with Crippen LogP contribution in [0.4, 0.5) is 24.5 Å². The number of halogens is 3. The number of Topliss-reactive ketones (excluding diaryl/α,β-unsaturated/α-hetero) is 1. The minimum absolute atomic E-state index is 0.0398. The Morgan fingerprint density at radius 3 is 2.71 bits per heavy atom. The molecule has 1 saturated carbocycles. The van der Waals surface area contributed by atoms with E-state index < -0.39 is 29.4 Å². The molecule has 0 radical (unpaired) electrons. The zero-order valence-electron chi connectivity index (χ0n) is 19.2. The first-order valence-corrected chi connectivity index (χ1v) is 11.6. The maximum absolute atomic E-state index is 13.5. The van der Waals surface area contributed by atoms with Crippen LogP contribution in [0.5, 0.6) is 0 Å². The van der Waals surface area contributed by atoms with Crippen molar-refractivity contribution in [3.05, 3.63) is 65.2 Å². The highest BCUT2D eigenvalue weighted by Crippen LogP contribution is 2.42. The van der Waals surface area contributed by atoms with Gasteiger partial charge in [-0.3, -0.25) is 14.3 Å². The molecule has 182 valence electrons. The molecule has 1 unspecified atom stereocenters. The molecule has 0 aliphatic heterocycles. The second-order valence-corrected chi connectivity index (χ2v) is 9.19. The topological polar surface area (TPSA) is 68.9 Å². The third-order valence-corrected chi connectivity index (χ3v) is 6.96. The maximum atomic E-state index is 13.5. The summed E-state index contributed by atoms with van der Waals surface area (Å²) >= 11 is 0. The number of pyridine rings is 1. The zero-order chi connectivity index (χ0) is 24.7. The van der Waals surface area contributed by atoms with E-state index in [0.717, 1.165) is 16.6 Å². The van der Waals surface area contributed by atoms with E-state index >= 15 is 0 Å². The number of rotatable bonds is 5. The largest absolute Gasteiger partial charge is 0.392 e. The lowest BCUT2D eigenvalue weighted by Crippen LogP contribution is -2.39. The number of alkyl halides is 3. The summed E-state index contributed by atoms with van der Waals surface area (Å²) in [6.07, 6.45) is 0.0360. The Hall–Kier alpha value is -3.62. The maximum Gasteiger partial charge on any atom is 0.392 e. The molecule has 0 amide bonds. The molecule has 0 saturated heterocycles. The third-order valence-electron chi connectivity index (χ3n) is 6.96. The van der Waals surface area contributed by atoms with Crippen molar-refractivity contribution >= 4 is 38.8 Å². The number of ketones is 1. The number of carbonyl (C=O) groups excluding carboxylic acids is 1. The summed E-state index contributed by atoms with van der Waals surface area (Å²) in [5.41, 5.74) is 1.87. The van der Waals surface area contributed by atoms with Crippen LogP contribution < -0.4 is 10.9 Å². The van der Waals surface area contributed by atoms with Gasteiger partial charge >= 0.3 is 6.18 Å². The molecule has 1 N–H and O–H groups in total. The molecule has 1 fully saturated rings. The van der Waals surface area contributed by atoms with Crippen molar-refractivity contribution < 1.29 is 18.0 Å². The summed E-state index contributed by atoms with van der Waals surface area (Å²) in [6, 6.07) is 12.8. The molecule has 9 heteroatoms. The number of hydrogen-bond donors (Lipinski definition) is 1. The number of carbonyl (C=O) groups is 1. The standard InChI is InChI=1S/C26H25F3N4O2/c1-32-22-10-9-18(13-17(22)14-30-32)31-21-8-4-5-16-11-12-33(25(35)24(16)21)15-23(34)19-6-2-3-7-20(19)26(27,28)29/h4-5,8-14,19-20,31H,2-3,6-7,15H2,1H3/t19?,20-/m1/s1. The average molecular weight is 483 g/mol. The van der Waals surface area contributed by atoms with Crippen molar-refractivity contribution in [1.82, 2.24) is 14.3 Å². The fourth-order valence-corrected chi connectivity index (χ4v) is 5.15. The van der Waals surface area contributed by atoms with Crippen molar-refractivity contribution in [3.8, 4) is 0 Å². The van der Waals surface area contributed by atoms with Gasteiger partial charge in [0.05, 0.1) is 35.2 Å². The number of benzene rings is 2. The quantitative estimate of drug-likeness (QED) is 0.404. The van der Waals surface area contributed by atoms with Gasteiger partial charge in [0, 0.05) is 30.2 Å². The highest BCUT2D eigenvalue weighted by molar-refractivity contribution is 5.95. The first-order valence-electron chi connectivity index (χ1n) is 11.6. The number of nitrogens with zero attached hydrogens (tertiary/aromatic N) is 3. The summed E-state index contributed by atoms with van der Waals surface area (Å²) in [5.74, 6) is -3.29. The van der Waals surface area contributed by atoms with Crippen LogP contribution in [0.2, 0.25) is 0 Å². The predicted octanol–water partition coefficient (Wildman–Crippen LogP) is 5.57. The molecule has 2 atom stereocenters. The minimum Gasteiger partial charge on any atom is -0.355 e. The van der Waals surface area contributed by atoms with Crippen molar-refractivity contribution in [2.75, 3.05) is 5.32 Å². The Morgan fingerprint density at radius 2 is 1.91 bits per heavy atom. The van der Waals surface area contributed by atoms with E-state index in [-0.39, 0.29) is 19.4 Å². The van der Waals surface area contributed by atoms with Crippen LogP contribution in [0, 0.1) is 11.8 Å². The van der Waals surface area contributed by atoms with Gasteiger partial charge in [-0.05, 0) is 48.6 Å². The van der Waals surface area contributed by atoms with Gasteiger partial charge in [0.1, 0.15) is 0 Å². The lowest BCUT2D eigenvalue weighted by atomic mass is 9.76. The number of aryl methyl sites for hydroxylation is 1. The fraction of sp³-hybridized carbons (Fsp3) is 0.346. The lowest BCUT2D eigenvalue weighted by molar-refractivity contribution is -0.197. The van der Waals surface area contributed by atoms with Gasteiger partial charge in [-0.1, -0.05) is 25.0 Å². The number of hydrogen-bond acceptors (Lipinski definition) is 4. The number of aromatic nitrogens is 3. The van der Waals surface area contributed by atoms with Crippen LogP contribution in [0.3, 0.4) is 0 Å². The zero-order valence-corrected chi connectivity index (χ0v) is 19.2. The van der Waals surface area contributed by atoms with Crippen LogP contribution in [-0.4, -0.2) is 26.3 Å². The van der Waals surface area contributed by atoms with Crippen LogP contribution in [0.1, 0.15) is 25.7 Å². The summed E-state index contributed by atoms with van der Waals surface area (Å²) in [6.45, 7) is -0.373. The van der Waals surface area contributed by atoms with Gasteiger partial charge in [0.2, 0.25) is 0 Å². The van der Waals surface area contributed by atoms with Gasteiger partial charge in [-0.15, -0.1) is 0 Å². The van der Waals surface area contributed by atoms with Gasteiger partial charge in [-0.2, -0.15) is 18.3 Å². The average Bonchev–Trinajstić information content (AvgIpc) is 3.20. The van der Waals surface area contributed by atoms with E-state index in [4.69, 9.17) is 0 Å². The van der Waals surface area contributed by atoms with Crippen LogP contribution in [0.25, 0.3) is 21.7 Å². The van der Waals surface area contributed by atoms with Gasteiger partial charge in [0.15, 0.2) is 5.78 Å². The van der Waals surface area contributed by atoms with Crippen molar-refractivity contribution in [2.45, 2.75) is 38.4 Å². The summed E-state index contributed by atoms with van der Waals surface area (Å²) in [7, 11) is 1.86. The monoisotopic (exact) mass is 482 g/mol. The van der Waals surface area contributed by atoms with E-state index in [1.54, 1.807) is 29.1 Å². The van der Waals surface area contributed by atoms with Crippen molar-refractivity contribution in [1.29, 1.82) is 0 Å². The molecule has 1 aliphatic carbocycles. The van der Waals surface area contributed by atoms with Gasteiger partial charge in [-0.25, -0.2) is 0 Å². The van der Waals surface area contributed by atoms with E-state index in [9.17, 15) is 22.8 Å². The molecular formula is C26H25F3N4O2. The highest BCUT2D eigenvalue weighted by Gasteiger charge is 2.47. The normalized spacial score (nSPS) is 18.7. The summed E-state index contributed by atoms with van der Waals surface area (Å²) < 4.78 is 43.5. The first kappa shape index (κ1) is 23.1. The Bertz CT molecular complexity index is 1470. The smallest absolute Gasteiger partial charge is 0.355 e. The van der Waals surface area contributed by atoms with E-state index in [0.29, 0.717) is 29.3 Å². The molecule has 2 heterocycles. The van der Waals surface area contributed by atoms with Crippen molar-refractivity contribution in [3.63, 3.8) is 0 Å². The lowest BCUT2D eigenvalue weighted by Gasteiger charge is -2.32. The Morgan fingerprint density at radius 1 is 1.11 bits per heavy atom. The third kappa shape index (κ3) is 4.42. The first-order chi connectivity index (χ1) is 16.7. The molecule has 0 spiro atoms. The van der Waals surface area contributed by atoms with Gasteiger partial charge in [0.25, 0.3) is 5.56 Å². The van der Waals surface area contributed by atoms with E-state index in [1.807, 2.05) is 31.3 Å². The second-order valence-electron chi connectivity index (χ2n) is 9.19.